The molecule has 0 saturated carbocycles. The predicted octanol–water partition coefficient (Wildman–Crippen LogP) is 2.20. The summed E-state index contributed by atoms with van der Waals surface area (Å²) in [7, 11) is 3.01. The lowest BCUT2D eigenvalue weighted by molar-refractivity contribution is -0.139. The number of amides is 4. The SMILES string of the molecule is COc1ccc(N2C(=O)C(=O)N(Cc3ccccc3OC)C2=O)cc1. The second kappa shape index (κ2) is 6.64. The van der Waals surface area contributed by atoms with E-state index < -0.39 is 17.8 Å². The summed E-state index contributed by atoms with van der Waals surface area (Å²) in [5.74, 6) is -0.629. The van der Waals surface area contributed by atoms with Gasteiger partial charge in [-0.3, -0.25) is 14.5 Å². The smallest absolute Gasteiger partial charge is 0.339 e. The fourth-order valence-electron chi connectivity index (χ4n) is 2.61. The third-order valence-electron chi connectivity index (χ3n) is 3.90. The summed E-state index contributed by atoms with van der Waals surface area (Å²) in [4.78, 5) is 38.9. The van der Waals surface area contributed by atoms with Crippen molar-refractivity contribution in [2.75, 3.05) is 19.1 Å². The summed E-state index contributed by atoms with van der Waals surface area (Å²) in [6.45, 7) is -0.0416. The summed E-state index contributed by atoms with van der Waals surface area (Å²) in [5, 5.41) is 0. The lowest BCUT2D eigenvalue weighted by Crippen LogP contribution is -2.33. The molecule has 7 nitrogen and oxygen atoms in total. The van der Waals surface area contributed by atoms with Crippen LogP contribution < -0.4 is 14.4 Å². The Morgan fingerprint density at radius 2 is 1.52 bits per heavy atom. The standard InChI is InChI=1S/C18H16N2O5/c1-24-14-9-7-13(8-10-14)20-17(22)16(21)19(18(20)23)11-12-5-3-4-6-15(12)25-2/h3-10H,11H2,1-2H3. The molecule has 0 spiro atoms. The van der Waals surface area contributed by atoms with Crippen LogP contribution in [0, 0.1) is 0 Å². The van der Waals surface area contributed by atoms with Gasteiger partial charge < -0.3 is 9.47 Å². The third-order valence-corrected chi connectivity index (χ3v) is 3.90. The Bertz CT molecular complexity index is 832. The summed E-state index contributed by atoms with van der Waals surface area (Å²) in [5.41, 5.74) is 0.947. The van der Waals surface area contributed by atoms with Crippen molar-refractivity contribution >= 4 is 23.5 Å². The minimum absolute atomic E-state index is 0.0416. The Morgan fingerprint density at radius 1 is 0.840 bits per heavy atom. The number of hydrogen-bond donors (Lipinski definition) is 0. The molecule has 0 aromatic heterocycles. The number of benzene rings is 2. The van der Waals surface area contributed by atoms with Crippen molar-refractivity contribution in [3.8, 4) is 11.5 Å². The second-order valence-corrected chi connectivity index (χ2v) is 5.32. The number of rotatable bonds is 5. The molecule has 25 heavy (non-hydrogen) atoms. The van der Waals surface area contributed by atoms with Crippen LogP contribution in [0.25, 0.3) is 0 Å². The van der Waals surface area contributed by atoms with Crippen molar-refractivity contribution in [3.05, 3.63) is 54.1 Å². The van der Waals surface area contributed by atoms with E-state index in [1.807, 2.05) is 0 Å². The number of carbonyl (C=O) groups is 3. The lowest BCUT2D eigenvalue weighted by atomic mass is 10.2. The summed E-state index contributed by atoms with van der Waals surface area (Å²) in [6.07, 6.45) is 0. The quantitative estimate of drug-likeness (QED) is 0.616. The fraction of sp³-hybridized carbons (Fsp3) is 0.167. The van der Waals surface area contributed by atoms with Gasteiger partial charge in [-0.15, -0.1) is 0 Å². The van der Waals surface area contributed by atoms with E-state index in [0.29, 0.717) is 22.7 Å². The largest absolute Gasteiger partial charge is 0.497 e. The Balaban J connectivity index is 1.88. The zero-order chi connectivity index (χ0) is 18.0. The van der Waals surface area contributed by atoms with E-state index >= 15 is 0 Å². The zero-order valence-electron chi connectivity index (χ0n) is 13.8. The normalized spacial score (nSPS) is 14.2. The van der Waals surface area contributed by atoms with Gasteiger partial charge in [0.2, 0.25) is 0 Å². The number of ether oxygens (including phenoxy) is 2. The maximum atomic E-state index is 12.6. The molecule has 2 aromatic carbocycles. The second-order valence-electron chi connectivity index (χ2n) is 5.32. The first-order chi connectivity index (χ1) is 12.1. The first-order valence-electron chi connectivity index (χ1n) is 7.52. The van der Waals surface area contributed by atoms with Crippen LogP contribution in [-0.4, -0.2) is 37.0 Å². The van der Waals surface area contributed by atoms with Gasteiger partial charge >= 0.3 is 17.8 Å². The van der Waals surface area contributed by atoms with Crippen LogP contribution in [0.5, 0.6) is 11.5 Å². The molecule has 0 bridgehead atoms. The number of imide groups is 2. The van der Waals surface area contributed by atoms with E-state index in [4.69, 9.17) is 9.47 Å². The molecule has 1 aliphatic heterocycles. The predicted molar refractivity (Wildman–Crippen MR) is 89.4 cm³/mol. The number of nitrogens with zero attached hydrogens (tertiary/aromatic N) is 2. The van der Waals surface area contributed by atoms with Crippen LogP contribution >= 0.6 is 0 Å². The van der Waals surface area contributed by atoms with E-state index in [2.05, 4.69) is 0 Å². The molecule has 1 aliphatic rings. The van der Waals surface area contributed by atoms with Gasteiger partial charge in [0.1, 0.15) is 11.5 Å². The lowest BCUT2D eigenvalue weighted by Gasteiger charge is -2.17. The van der Waals surface area contributed by atoms with Crippen LogP contribution in [-0.2, 0) is 16.1 Å². The van der Waals surface area contributed by atoms with Crippen molar-refractivity contribution in [2.45, 2.75) is 6.54 Å². The highest BCUT2D eigenvalue weighted by atomic mass is 16.5. The van der Waals surface area contributed by atoms with E-state index in [1.165, 1.54) is 14.2 Å². The molecule has 1 saturated heterocycles. The van der Waals surface area contributed by atoms with Crippen LogP contribution in [0.4, 0.5) is 10.5 Å². The van der Waals surface area contributed by atoms with Gasteiger partial charge in [-0.25, -0.2) is 9.69 Å². The Morgan fingerprint density at radius 3 is 2.16 bits per heavy atom. The molecule has 128 valence electrons. The average Bonchev–Trinajstić information content (AvgIpc) is 2.86. The molecule has 4 amide bonds. The van der Waals surface area contributed by atoms with E-state index in [0.717, 1.165) is 9.80 Å². The van der Waals surface area contributed by atoms with Crippen LogP contribution in [0.2, 0.25) is 0 Å². The summed E-state index contributed by atoms with van der Waals surface area (Å²) >= 11 is 0. The van der Waals surface area contributed by atoms with Gasteiger partial charge in [0, 0.05) is 5.56 Å². The van der Waals surface area contributed by atoms with E-state index in [1.54, 1.807) is 48.5 Å². The van der Waals surface area contributed by atoms with Gasteiger partial charge in [-0.2, -0.15) is 0 Å². The number of anilines is 1. The minimum atomic E-state index is -0.884. The van der Waals surface area contributed by atoms with E-state index in [9.17, 15) is 14.4 Å². The highest BCUT2D eigenvalue weighted by molar-refractivity contribution is 6.52. The number of para-hydroxylation sites is 1. The topological polar surface area (TPSA) is 76.2 Å². The Labute approximate surface area is 144 Å². The molecule has 0 atom stereocenters. The Kier molecular flexibility index (Phi) is 4.38. The fourth-order valence-corrected chi connectivity index (χ4v) is 2.61. The van der Waals surface area contributed by atoms with E-state index in [-0.39, 0.29) is 6.54 Å². The molecule has 0 radical (unpaired) electrons. The van der Waals surface area contributed by atoms with Gasteiger partial charge in [-0.05, 0) is 30.3 Å². The molecule has 0 unspecified atom stereocenters. The first kappa shape index (κ1) is 16.5. The summed E-state index contributed by atoms with van der Waals surface area (Å²) in [6, 6.07) is 12.7. The Hall–Kier alpha value is -3.35. The minimum Gasteiger partial charge on any atom is -0.497 e. The van der Waals surface area contributed by atoms with Gasteiger partial charge in [0.15, 0.2) is 0 Å². The van der Waals surface area contributed by atoms with Gasteiger partial charge in [0.05, 0.1) is 26.5 Å². The molecule has 3 rings (SSSR count). The highest BCUT2D eigenvalue weighted by Crippen LogP contribution is 2.27. The number of methoxy groups -OCH3 is 2. The maximum absolute atomic E-state index is 12.6. The molecule has 1 heterocycles. The van der Waals surface area contributed by atoms with Crippen molar-refractivity contribution < 1.29 is 23.9 Å². The molecule has 2 aromatic rings. The molecule has 1 fully saturated rings. The first-order valence-corrected chi connectivity index (χ1v) is 7.52. The highest BCUT2D eigenvalue weighted by Gasteiger charge is 2.45. The molecule has 0 aliphatic carbocycles. The van der Waals surface area contributed by atoms with Gasteiger partial charge in [-0.1, -0.05) is 18.2 Å². The molecular formula is C18H16N2O5. The van der Waals surface area contributed by atoms with Gasteiger partial charge in [0.25, 0.3) is 0 Å². The molecule has 0 N–H and O–H groups in total. The van der Waals surface area contributed by atoms with Crippen LogP contribution in [0.15, 0.2) is 48.5 Å². The summed E-state index contributed by atoms with van der Waals surface area (Å²) < 4.78 is 10.3. The average molecular weight is 340 g/mol. The van der Waals surface area contributed by atoms with Crippen molar-refractivity contribution in [3.63, 3.8) is 0 Å². The number of urea groups is 1. The maximum Gasteiger partial charge on any atom is 0.339 e. The monoisotopic (exact) mass is 340 g/mol. The van der Waals surface area contributed by atoms with Crippen molar-refractivity contribution in [1.29, 1.82) is 0 Å². The number of carbonyl (C=O) groups excluding carboxylic acids is 3. The molecule has 7 heteroatoms. The van der Waals surface area contributed by atoms with Crippen molar-refractivity contribution in [2.24, 2.45) is 0 Å². The number of hydrogen-bond acceptors (Lipinski definition) is 5. The van der Waals surface area contributed by atoms with Crippen LogP contribution in [0.3, 0.4) is 0 Å². The third kappa shape index (κ3) is 2.91. The van der Waals surface area contributed by atoms with Crippen molar-refractivity contribution in [1.82, 2.24) is 4.90 Å². The molecular weight excluding hydrogens is 324 g/mol. The zero-order valence-corrected chi connectivity index (χ0v) is 13.8. The van der Waals surface area contributed by atoms with Crippen LogP contribution in [0.1, 0.15) is 5.56 Å².